The van der Waals surface area contributed by atoms with Crippen LogP contribution in [0.1, 0.15) is 27.7 Å². The summed E-state index contributed by atoms with van der Waals surface area (Å²) in [5, 5.41) is 3.29. The molecule has 0 radical (unpaired) electrons. The fourth-order valence-electron chi connectivity index (χ4n) is 0.684. The highest BCUT2D eigenvalue weighted by molar-refractivity contribution is 7.84. The molecule has 0 spiro atoms. The lowest BCUT2D eigenvalue weighted by atomic mass is 10.1. The number of rotatable bonds is 4. The van der Waals surface area contributed by atoms with Crippen LogP contribution in [-0.2, 0) is 10.8 Å². The molecule has 0 saturated heterocycles. The number of hydrogen-bond donors (Lipinski definition) is 1. The van der Waals surface area contributed by atoms with Crippen molar-refractivity contribution in [2.24, 2.45) is 0 Å². The first-order valence-corrected chi connectivity index (χ1v) is 5.54. The molecule has 11 heavy (non-hydrogen) atoms. The topological polar surface area (TPSA) is 29.1 Å². The Morgan fingerprint density at radius 3 is 2.27 bits per heavy atom. The summed E-state index contributed by atoms with van der Waals surface area (Å²) in [5.74, 6) is 1.54. The molecule has 0 bridgehead atoms. The molecule has 68 valence electrons. The van der Waals surface area contributed by atoms with Crippen LogP contribution < -0.4 is 5.32 Å². The van der Waals surface area contributed by atoms with Gasteiger partial charge in [-0.05, 0) is 20.8 Å². The van der Waals surface area contributed by atoms with Crippen molar-refractivity contribution in [3.63, 3.8) is 0 Å². The van der Waals surface area contributed by atoms with Gasteiger partial charge < -0.3 is 5.32 Å². The van der Waals surface area contributed by atoms with E-state index in [2.05, 4.69) is 26.1 Å². The third-order valence-electron chi connectivity index (χ3n) is 1.31. The molecule has 0 aromatic rings. The molecule has 0 rings (SSSR count). The van der Waals surface area contributed by atoms with Gasteiger partial charge in [-0.25, -0.2) is 0 Å². The first kappa shape index (κ1) is 11.1. The average Bonchev–Trinajstić information content (AvgIpc) is 1.85. The summed E-state index contributed by atoms with van der Waals surface area (Å²) in [6, 6.07) is 0. The van der Waals surface area contributed by atoms with E-state index in [1.54, 1.807) is 0 Å². The zero-order valence-corrected chi connectivity index (χ0v) is 8.75. The Morgan fingerprint density at radius 1 is 1.36 bits per heavy atom. The molecule has 0 aliphatic heterocycles. The van der Waals surface area contributed by atoms with Gasteiger partial charge in [0.1, 0.15) is 0 Å². The molecular weight excluding hydrogens is 158 g/mol. The predicted molar refractivity (Wildman–Crippen MR) is 51.3 cm³/mol. The maximum atomic E-state index is 11.0. The van der Waals surface area contributed by atoms with Crippen LogP contribution in [0, 0.1) is 0 Å². The maximum absolute atomic E-state index is 11.0. The smallest absolute Gasteiger partial charge is 0.0360 e. The highest BCUT2D eigenvalue weighted by Gasteiger charge is 2.07. The van der Waals surface area contributed by atoms with Crippen molar-refractivity contribution in [3.05, 3.63) is 0 Å². The first-order chi connectivity index (χ1) is 4.95. The van der Waals surface area contributed by atoms with Crippen LogP contribution in [-0.4, -0.2) is 27.8 Å². The van der Waals surface area contributed by atoms with Crippen LogP contribution in [0.4, 0.5) is 0 Å². The Labute approximate surface area is 72.2 Å². The molecule has 3 heteroatoms. The Kier molecular flexibility index (Phi) is 4.93. The molecule has 0 heterocycles. The molecule has 1 unspecified atom stereocenters. The van der Waals surface area contributed by atoms with Crippen LogP contribution in [0.2, 0.25) is 0 Å². The molecule has 0 amide bonds. The lowest BCUT2D eigenvalue weighted by Crippen LogP contribution is -2.38. The third-order valence-corrected chi connectivity index (χ3v) is 2.61. The van der Waals surface area contributed by atoms with Gasteiger partial charge in [0.25, 0.3) is 0 Å². The highest BCUT2D eigenvalue weighted by atomic mass is 32.2. The van der Waals surface area contributed by atoms with Gasteiger partial charge in [0.2, 0.25) is 0 Å². The summed E-state index contributed by atoms with van der Waals surface area (Å²) < 4.78 is 11.0. The maximum Gasteiger partial charge on any atom is 0.0360 e. The largest absolute Gasteiger partial charge is 0.311 e. The van der Waals surface area contributed by atoms with Crippen molar-refractivity contribution >= 4 is 10.8 Å². The minimum absolute atomic E-state index is 0.151. The highest BCUT2D eigenvalue weighted by Crippen LogP contribution is 1.97. The lowest BCUT2D eigenvalue weighted by molar-refractivity contribution is 0.440. The van der Waals surface area contributed by atoms with E-state index >= 15 is 0 Å². The Hall–Kier alpha value is 0.110. The van der Waals surface area contributed by atoms with Gasteiger partial charge in [-0.2, -0.15) is 0 Å². The Morgan fingerprint density at radius 2 is 1.91 bits per heavy atom. The zero-order valence-electron chi connectivity index (χ0n) is 7.94. The van der Waals surface area contributed by atoms with Gasteiger partial charge in [-0.15, -0.1) is 0 Å². The van der Waals surface area contributed by atoms with Gasteiger partial charge in [0.05, 0.1) is 0 Å². The first-order valence-electron chi connectivity index (χ1n) is 4.05. The minimum atomic E-state index is -0.624. The Balaban J connectivity index is 3.35. The summed E-state index contributed by atoms with van der Waals surface area (Å²) in [6.07, 6.45) is 0. The van der Waals surface area contributed by atoms with E-state index in [0.29, 0.717) is 0 Å². The van der Waals surface area contributed by atoms with Gasteiger partial charge >= 0.3 is 0 Å². The van der Waals surface area contributed by atoms with Gasteiger partial charge in [-0.3, -0.25) is 4.21 Å². The second-order valence-corrected chi connectivity index (χ2v) is 5.47. The third kappa shape index (κ3) is 8.01. The quantitative estimate of drug-likeness (QED) is 0.698. The Bertz CT molecular complexity index is 129. The normalized spacial score (nSPS) is 14.9. The van der Waals surface area contributed by atoms with Crippen molar-refractivity contribution in [1.29, 1.82) is 0 Å². The van der Waals surface area contributed by atoms with E-state index in [0.717, 1.165) is 18.1 Å². The van der Waals surface area contributed by atoms with Crippen LogP contribution in [0.25, 0.3) is 0 Å². The molecule has 1 atom stereocenters. The van der Waals surface area contributed by atoms with Crippen molar-refractivity contribution in [2.75, 3.05) is 18.1 Å². The van der Waals surface area contributed by atoms with E-state index in [9.17, 15) is 4.21 Å². The second kappa shape index (κ2) is 4.88. The van der Waals surface area contributed by atoms with Crippen molar-refractivity contribution < 1.29 is 4.21 Å². The van der Waals surface area contributed by atoms with Crippen LogP contribution in [0.5, 0.6) is 0 Å². The van der Waals surface area contributed by atoms with E-state index in [-0.39, 0.29) is 5.54 Å². The van der Waals surface area contributed by atoms with E-state index < -0.39 is 10.8 Å². The predicted octanol–water partition coefficient (Wildman–Crippen LogP) is 1.14. The monoisotopic (exact) mass is 177 g/mol. The van der Waals surface area contributed by atoms with Crippen LogP contribution in [0.15, 0.2) is 0 Å². The number of nitrogens with one attached hydrogen (secondary N) is 1. The standard InChI is InChI=1S/C8H19NOS/c1-5-11(10)7-6-9-8(2,3)4/h9H,5-7H2,1-4H3. The molecule has 0 aromatic heterocycles. The molecule has 0 aliphatic rings. The van der Waals surface area contributed by atoms with Gasteiger partial charge in [0.15, 0.2) is 0 Å². The minimum Gasteiger partial charge on any atom is -0.311 e. The van der Waals surface area contributed by atoms with Crippen LogP contribution >= 0.6 is 0 Å². The summed E-state index contributed by atoms with van der Waals surface area (Å²) in [7, 11) is -0.624. The van der Waals surface area contributed by atoms with Crippen molar-refractivity contribution in [1.82, 2.24) is 5.32 Å². The summed E-state index contributed by atoms with van der Waals surface area (Å²) in [6.45, 7) is 9.14. The van der Waals surface area contributed by atoms with E-state index in [1.165, 1.54) is 0 Å². The zero-order chi connectivity index (χ0) is 8.91. The molecule has 0 aromatic carbocycles. The molecule has 1 N–H and O–H groups in total. The molecular formula is C8H19NOS. The second-order valence-electron chi connectivity index (χ2n) is 3.61. The fraction of sp³-hybridized carbons (Fsp3) is 1.00. The summed E-state index contributed by atoms with van der Waals surface area (Å²) >= 11 is 0. The SMILES string of the molecule is CCS(=O)CCNC(C)(C)C. The van der Waals surface area contributed by atoms with Crippen molar-refractivity contribution in [2.45, 2.75) is 33.2 Å². The van der Waals surface area contributed by atoms with Crippen molar-refractivity contribution in [3.8, 4) is 0 Å². The van der Waals surface area contributed by atoms with Crippen LogP contribution in [0.3, 0.4) is 0 Å². The van der Waals surface area contributed by atoms with E-state index in [1.807, 2.05) is 6.92 Å². The molecule has 2 nitrogen and oxygen atoms in total. The molecule has 0 fully saturated rings. The number of hydrogen-bond acceptors (Lipinski definition) is 2. The summed E-state index contributed by atoms with van der Waals surface area (Å²) in [4.78, 5) is 0. The lowest BCUT2D eigenvalue weighted by Gasteiger charge is -2.19. The molecule has 0 aliphatic carbocycles. The van der Waals surface area contributed by atoms with Gasteiger partial charge in [0, 0.05) is 34.4 Å². The molecule has 0 saturated carbocycles. The summed E-state index contributed by atoms with van der Waals surface area (Å²) in [5.41, 5.74) is 0.151. The van der Waals surface area contributed by atoms with Gasteiger partial charge in [-0.1, -0.05) is 6.92 Å². The fourth-order valence-corrected chi connectivity index (χ4v) is 1.30. The van der Waals surface area contributed by atoms with E-state index in [4.69, 9.17) is 0 Å². The average molecular weight is 177 g/mol.